The molecule has 1 aromatic rings. The van der Waals surface area contributed by atoms with E-state index in [1.807, 2.05) is 0 Å². The molecule has 0 spiro atoms. The summed E-state index contributed by atoms with van der Waals surface area (Å²) >= 11 is 0. The zero-order valence-electron chi connectivity index (χ0n) is 12.1. The minimum Gasteiger partial charge on any atom is -0.358 e. The van der Waals surface area contributed by atoms with Gasteiger partial charge in [-0.15, -0.1) is 0 Å². The Balaban J connectivity index is 2.80. The number of rotatable bonds is 5. The minimum absolute atomic E-state index is 0.159. The largest absolute Gasteiger partial charge is 0.416 e. The first-order chi connectivity index (χ1) is 10.2. The van der Waals surface area contributed by atoms with Crippen LogP contribution in [0.2, 0.25) is 0 Å². The summed E-state index contributed by atoms with van der Waals surface area (Å²) in [5.41, 5.74) is -0.238. The van der Waals surface area contributed by atoms with Crippen molar-refractivity contribution in [2.75, 3.05) is 7.05 Å². The maximum absolute atomic E-state index is 12.5. The monoisotopic (exact) mass is 312 g/mol. The van der Waals surface area contributed by atoms with Crippen molar-refractivity contribution in [1.82, 2.24) is 5.32 Å². The summed E-state index contributed by atoms with van der Waals surface area (Å²) in [7, 11) is 1.32. The van der Waals surface area contributed by atoms with Crippen molar-refractivity contribution in [1.29, 1.82) is 5.26 Å². The molecule has 118 valence electrons. The SMILES string of the molecule is CNC(=O)[C@H](C#N)C(=O)[C@@H](C)Cc1ccc(C(F)(F)F)cc1. The summed E-state index contributed by atoms with van der Waals surface area (Å²) in [6, 6.07) is 6.08. The van der Waals surface area contributed by atoms with E-state index >= 15 is 0 Å². The van der Waals surface area contributed by atoms with Crippen LogP contribution in [0.4, 0.5) is 13.2 Å². The van der Waals surface area contributed by atoms with Crippen molar-refractivity contribution in [3.05, 3.63) is 35.4 Å². The van der Waals surface area contributed by atoms with Crippen LogP contribution in [0.15, 0.2) is 24.3 Å². The van der Waals surface area contributed by atoms with Crippen molar-refractivity contribution in [3.63, 3.8) is 0 Å². The molecular weight excluding hydrogens is 297 g/mol. The molecule has 0 fully saturated rings. The first-order valence-corrected chi connectivity index (χ1v) is 6.51. The third-order valence-electron chi connectivity index (χ3n) is 3.23. The lowest BCUT2D eigenvalue weighted by atomic mass is 9.89. The predicted octanol–water partition coefficient (Wildman–Crippen LogP) is 2.34. The zero-order chi connectivity index (χ0) is 16.9. The molecule has 0 aliphatic rings. The van der Waals surface area contributed by atoms with E-state index in [9.17, 15) is 22.8 Å². The van der Waals surface area contributed by atoms with Gasteiger partial charge in [-0.2, -0.15) is 18.4 Å². The van der Waals surface area contributed by atoms with Gasteiger partial charge < -0.3 is 5.32 Å². The number of Topliss-reactive ketones (excluding diaryl/α,β-unsaturated/α-hetero) is 1. The van der Waals surface area contributed by atoms with Gasteiger partial charge in [0.15, 0.2) is 11.7 Å². The second-order valence-corrected chi connectivity index (χ2v) is 4.88. The van der Waals surface area contributed by atoms with Crippen LogP contribution < -0.4 is 5.32 Å². The topological polar surface area (TPSA) is 70.0 Å². The Morgan fingerprint density at radius 2 is 1.82 bits per heavy atom. The van der Waals surface area contributed by atoms with Crippen molar-refractivity contribution >= 4 is 11.7 Å². The van der Waals surface area contributed by atoms with Crippen LogP contribution >= 0.6 is 0 Å². The molecule has 2 atom stereocenters. The van der Waals surface area contributed by atoms with Gasteiger partial charge in [-0.1, -0.05) is 19.1 Å². The number of nitrogens with one attached hydrogen (secondary N) is 1. The Labute approximate surface area is 125 Å². The van der Waals surface area contributed by atoms with Gasteiger partial charge in [-0.25, -0.2) is 0 Å². The molecule has 4 nitrogen and oxygen atoms in total. The highest BCUT2D eigenvalue weighted by atomic mass is 19.4. The van der Waals surface area contributed by atoms with Crippen LogP contribution in [0.25, 0.3) is 0 Å². The fourth-order valence-electron chi connectivity index (χ4n) is 1.96. The summed E-state index contributed by atoms with van der Waals surface area (Å²) in [5.74, 6) is -3.30. The Morgan fingerprint density at radius 1 is 1.27 bits per heavy atom. The van der Waals surface area contributed by atoms with Crippen LogP contribution in [0.3, 0.4) is 0 Å². The van der Waals surface area contributed by atoms with E-state index in [0.29, 0.717) is 5.56 Å². The Morgan fingerprint density at radius 3 is 2.23 bits per heavy atom. The van der Waals surface area contributed by atoms with E-state index in [1.165, 1.54) is 26.1 Å². The van der Waals surface area contributed by atoms with Gasteiger partial charge in [-0.05, 0) is 24.1 Å². The molecule has 0 unspecified atom stereocenters. The summed E-state index contributed by atoms with van der Waals surface area (Å²) < 4.78 is 37.4. The van der Waals surface area contributed by atoms with Gasteiger partial charge in [-0.3, -0.25) is 9.59 Å². The fraction of sp³-hybridized carbons (Fsp3) is 0.400. The van der Waals surface area contributed by atoms with Crippen LogP contribution in [-0.2, 0) is 22.2 Å². The number of nitrogens with zero attached hydrogens (tertiary/aromatic N) is 1. The number of carbonyl (C=O) groups excluding carboxylic acids is 2. The third kappa shape index (κ3) is 4.32. The summed E-state index contributed by atoms with van der Waals surface area (Å²) in [5, 5.41) is 11.1. The number of hydrogen-bond acceptors (Lipinski definition) is 3. The highest BCUT2D eigenvalue weighted by molar-refractivity contribution is 6.04. The van der Waals surface area contributed by atoms with Crippen LogP contribution in [0.5, 0.6) is 0 Å². The zero-order valence-corrected chi connectivity index (χ0v) is 12.1. The molecule has 1 N–H and O–H groups in total. The van der Waals surface area contributed by atoms with E-state index in [2.05, 4.69) is 5.32 Å². The molecule has 0 heterocycles. The number of benzene rings is 1. The van der Waals surface area contributed by atoms with Gasteiger partial charge in [0.25, 0.3) is 0 Å². The smallest absolute Gasteiger partial charge is 0.358 e. The normalized spacial score (nSPS) is 13.8. The Kier molecular flexibility index (Phi) is 5.69. The van der Waals surface area contributed by atoms with Crippen LogP contribution in [-0.4, -0.2) is 18.7 Å². The lowest BCUT2D eigenvalue weighted by Gasteiger charge is -2.14. The van der Waals surface area contributed by atoms with Gasteiger partial charge in [0.05, 0.1) is 11.6 Å². The van der Waals surface area contributed by atoms with Crippen molar-refractivity contribution in [2.45, 2.75) is 19.5 Å². The van der Waals surface area contributed by atoms with E-state index in [1.54, 1.807) is 6.07 Å². The van der Waals surface area contributed by atoms with E-state index in [0.717, 1.165) is 12.1 Å². The first kappa shape index (κ1) is 17.7. The number of amides is 1. The van der Waals surface area contributed by atoms with E-state index < -0.39 is 35.3 Å². The summed E-state index contributed by atoms with van der Waals surface area (Å²) in [6.45, 7) is 1.54. The fourth-order valence-corrected chi connectivity index (χ4v) is 1.96. The third-order valence-corrected chi connectivity index (χ3v) is 3.23. The van der Waals surface area contributed by atoms with Crippen LogP contribution in [0.1, 0.15) is 18.1 Å². The van der Waals surface area contributed by atoms with Gasteiger partial charge in [0, 0.05) is 13.0 Å². The average molecular weight is 312 g/mol. The van der Waals surface area contributed by atoms with E-state index in [4.69, 9.17) is 5.26 Å². The molecule has 0 aliphatic carbocycles. The predicted molar refractivity (Wildman–Crippen MR) is 72.5 cm³/mol. The standard InChI is InChI=1S/C15H15F3N2O2/c1-9(13(21)12(8-19)14(22)20-2)7-10-3-5-11(6-4-10)15(16,17)18/h3-6,9,12H,7H2,1-2H3,(H,20,22)/t9-,12+/m0/s1. The van der Waals surface area contributed by atoms with Crippen molar-refractivity contribution < 1.29 is 22.8 Å². The highest BCUT2D eigenvalue weighted by Crippen LogP contribution is 2.29. The van der Waals surface area contributed by atoms with Gasteiger partial charge >= 0.3 is 6.18 Å². The second-order valence-electron chi connectivity index (χ2n) is 4.88. The number of nitriles is 1. The van der Waals surface area contributed by atoms with Crippen LogP contribution in [0, 0.1) is 23.2 Å². The summed E-state index contributed by atoms with van der Waals surface area (Å²) in [4.78, 5) is 23.5. The first-order valence-electron chi connectivity index (χ1n) is 6.51. The van der Waals surface area contributed by atoms with E-state index in [-0.39, 0.29) is 6.42 Å². The average Bonchev–Trinajstić information content (AvgIpc) is 2.47. The molecule has 7 heteroatoms. The maximum atomic E-state index is 12.5. The lowest BCUT2D eigenvalue weighted by molar-refractivity contribution is -0.138. The molecule has 0 aromatic heterocycles. The molecular formula is C15H15F3N2O2. The number of carbonyl (C=O) groups is 2. The summed E-state index contributed by atoms with van der Waals surface area (Å²) in [6.07, 6.45) is -4.25. The van der Waals surface area contributed by atoms with Crippen molar-refractivity contribution in [2.24, 2.45) is 11.8 Å². The molecule has 0 saturated heterocycles. The second kappa shape index (κ2) is 7.07. The highest BCUT2D eigenvalue weighted by Gasteiger charge is 2.31. The molecule has 0 aliphatic heterocycles. The van der Waals surface area contributed by atoms with Gasteiger partial charge in [0.1, 0.15) is 0 Å². The molecule has 0 saturated carbocycles. The number of ketones is 1. The number of hydrogen-bond donors (Lipinski definition) is 1. The maximum Gasteiger partial charge on any atom is 0.416 e. The molecule has 0 radical (unpaired) electrons. The van der Waals surface area contributed by atoms with Crippen molar-refractivity contribution in [3.8, 4) is 6.07 Å². The molecule has 1 amide bonds. The quantitative estimate of drug-likeness (QED) is 0.848. The van der Waals surface area contributed by atoms with Gasteiger partial charge in [0.2, 0.25) is 5.91 Å². The Hall–Kier alpha value is -2.36. The molecule has 1 rings (SSSR count). The molecule has 0 bridgehead atoms. The molecule has 22 heavy (non-hydrogen) atoms. The lowest BCUT2D eigenvalue weighted by Crippen LogP contribution is -2.35. The Bertz CT molecular complexity index is 588. The number of halogens is 3. The number of alkyl halides is 3. The minimum atomic E-state index is -4.41. The molecule has 1 aromatic carbocycles.